The minimum atomic E-state index is -2.28. The van der Waals surface area contributed by atoms with Gasteiger partial charge in [0.1, 0.15) is 12.3 Å². The molecule has 2 aliphatic rings. The molecule has 2 fully saturated rings. The van der Waals surface area contributed by atoms with Crippen LogP contribution in [0.15, 0.2) is 0 Å². The van der Waals surface area contributed by atoms with Gasteiger partial charge in [-0.3, -0.25) is 19.4 Å². The summed E-state index contributed by atoms with van der Waals surface area (Å²) in [5, 5.41) is 20.1. The van der Waals surface area contributed by atoms with Gasteiger partial charge in [0.25, 0.3) is 11.0 Å². The lowest BCUT2D eigenvalue weighted by molar-refractivity contribution is -0.779. The van der Waals surface area contributed by atoms with Gasteiger partial charge in [-0.1, -0.05) is 0 Å². The maximum absolute atomic E-state index is 12.5. The van der Waals surface area contributed by atoms with Crippen molar-refractivity contribution in [2.75, 3.05) is 27.9 Å². The van der Waals surface area contributed by atoms with Crippen LogP contribution in [0.2, 0.25) is 0 Å². The SMILES string of the molecule is COC[C@H]1O[C@@H](N2C(=O)N(C)C(=O)[C@@](C)(O[N+](=O)[O-])[C@H]2O)C[C@@H]1OC. The fraction of sp³-hybridized carbons (Fsp3) is 0.846. The van der Waals surface area contributed by atoms with Crippen LogP contribution in [-0.4, -0.2) is 90.1 Å². The van der Waals surface area contributed by atoms with Gasteiger partial charge in [0, 0.05) is 27.7 Å². The van der Waals surface area contributed by atoms with Crippen molar-refractivity contribution in [2.45, 2.75) is 43.6 Å². The molecule has 2 heterocycles. The summed E-state index contributed by atoms with van der Waals surface area (Å²) < 4.78 is 16.0. The van der Waals surface area contributed by atoms with Crippen molar-refractivity contribution in [1.29, 1.82) is 0 Å². The Bertz CT molecular complexity index is 559. The largest absolute Gasteiger partial charge is 0.382 e. The summed E-state index contributed by atoms with van der Waals surface area (Å²) in [7, 11) is 4.07. The van der Waals surface area contributed by atoms with E-state index in [1.165, 1.54) is 14.2 Å². The van der Waals surface area contributed by atoms with Gasteiger partial charge < -0.3 is 19.3 Å². The number of carbonyl (C=O) groups excluding carboxylic acids is 2. The van der Waals surface area contributed by atoms with Gasteiger partial charge in [-0.2, -0.15) is 0 Å². The molecule has 12 heteroatoms. The first-order valence-corrected chi connectivity index (χ1v) is 7.46. The maximum Gasteiger partial charge on any atom is 0.330 e. The molecule has 2 saturated heterocycles. The lowest BCUT2D eigenvalue weighted by atomic mass is 9.98. The topological polar surface area (TPSA) is 141 Å². The molecule has 0 spiro atoms. The highest BCUT2D eigenvalue weighted by molar-refractivity contribution is 6.01. The number of imide groups is 1. The van der Waals surface area contributed by atoms with Crippen molar-refractivity contribution < 1.29 is 38.8 Å². The van der Waals surface area contributed by atoms with E-state index in [-0.39, 0.29) is 13.0 Å². The van der Waals surface area contributed by atoms with Crippen LogP contribution in [0.25, 0.3) is 0 Å². The number of aliphatic hydroxyl groups excluding tert-OH is 1. The number of urea groups is 1. The van der Waals surface area contributed by atoms with E-state index in [2.05, 4.69) is 4.84 Å². The fourth-order valence-corrected chi connectivity index (χ4v) is 3.03. The third-order valence-electron chi connectivity index (χ3n) is 4.38. The summed E-state index contributed by atoms with van der Waals surface area (Å²) in [4.78, 5) is 41.4. The normalized spacial score (nSPS) is 36.0. The summed E-state index contributed by atoms with van der Waals surface area (Å²) >= 11 is 0. The van der Waals surface area contributed by atoms with Crippen molar-refractivity contribution in [3.05, 3.63) is 10.1 Å². The molecule has 142 valence electrons. The third-order valence-corrected chi connectivity index (χ3v) is 4.38. The number of ether oxygens (including phenoxy) is 3. The molecule has 2 rings (SSSR count). The number of likely N-dealkylation sites (N-methyl/N-ethyl adjacent to an activating group) is 1. The molecule has 25 heavy (non-hydrogen) atoms. The van der Waals surface area contributed by atoms with Crippen molar-refractivity contribution in [3.8, 4) is 0 Å². The molecule has 3 amide bonds. The summed E-state index contributed by atoms with van der Waals surface area (Å²) in [6.07, 6.45) is -3.64. The number of carbonyl (C=O) groups is 2. The zero-order chi connectivity index (χ0) is 18.9. The highest BCUT2D eigenvalue weighted by Gasteiger charge is 2.59. The van der Waals surface area contributed by atoms with E-state index in [4.69, 9.17) is 14.2 Å². The average molecular weight is 363 g/mol. The zero-order valence-electron chi connectivity index (χ0n) is 14.3. The van der Waals surface area contributed by atoms with Gasteiger partial charge in [0.05, 0.1) is 12.7 Å². The Balaban J connectivity index is 2.31. The second-order valence-corrected chi connectivity index (χ2v) is 5.94. The van der Waals surface area contributed by atoms with E-state index >= 15 is 0 Å². The highest BCUT2D eigenvalue weighted by atomic mass is 17.0. The standard InChI is InChI=1S/C13H21N3O9/c1-13(25-16(20)21)10(17)14(2)12(19)15(11(13)18)9-5-7(23-4)8(24-9)6-22-3/h7-9,11,18H,5-6H2,1-4H3/t7-,8+,9+,11+,13+/m0/s1. The van der Waals surface area contributed by atoms with Crippen molar-refractivity contribution in [3.63, 3.8) is 0 Å². The smallest absolute Gasteiger partial charge is 0.330 e. The quantitative estimate of drug-likeness (QED) is 0.462. The fourth-order valence-electron chi connectivity index (χ4n) is 3.03. The van der Waals surface area contributed by atoms with Crippen LogP contribution in [0.5, 0.6) is 0 Å². The van der Waals surface area contributed by atoms with Gasteiger partial charge in [-0.15, -0.1) is 10.1 Å². The molecular formula is C13H21N3O9. The average Bonchev–Trinajstić information content (AvgIpc) is 2.94. The number of hydrogen-bond acceptors (Lipinski definition) is 9. The van der Waals surface area contributed by atoms with E-state index < -0.39 is 47.3 Å². The van der Waals surface area contributed by atoms with E-state index in [0.717, 1.165) is 18.9 Å². The molecule has 2 aliphatic heterocycles. The first-order chi connectivity index (χ1) is 11.7. The van der Waals surface area contributed by atoms with Crippen LogP contribution in [-0.2, 0) is 23.8 Å². The van der Waals surface area contributed by atoms with Crippen LogP contribution >= 0.6 is 0 Å². The van der Waals surface area contributed by atoms with Crippen LogP contribution in [0.4, 0.5) is 4.79 Å². The minimum absolute atomic E-state index is 0.184. The van der Waals surface area contributed by atoms with Gasteiger partial charge in [0.15, 0.2) is 6.23 Å². The number of methoxy groups -OCH3 is 2. The first-order valence-electron chi connectivity index (χ1n) is 7.46. The molecule has 12 nitrogen and oxygen atoms in total. The molecule has 0 bridgehead atoms. The molecule has 0 radical (unpaired) electrons. The third kappa shape index (κ3) is 3.25. The Morgan fingerprint density at radius 2 is 2.08 bits per heavy atom. The van der Waals surface area contributed by atoms with E-state index in [0.29, 0.717) is 4.90 Å². The predicted octanol–water partition coefficient (Wildman–Crippen LogP) is -1.06. The summed E-state index contributed by atoms with van der Waals surface area (Å²) in [5.74, 6) is -1.03. The van der Waals surface area contributed by atoms with Crippen molar-refractivity contribution in [2.24, 2.45) is 0 Å². The van der Waals surface area contributed by atoms with E-state index in [1.54, 1.807) is 0 Å². The molecule has 1 N–H and O–H groups in total. The molecule has 5 atom stereocenters. The molecule has 0 unspecified atom stereocenters. The summed E-state index contributed by atoms with van der Waals surface area (Å²) in [5.41, 5.74) is -2.28. The van der Waals surface area contributed by atoms with E-state index in [9.17, 15) is 24.8 Å². The van der Waals surface area contributed by atoms with Gasteiger partial charge in [0.2, 0.25) is 5.60 Å². The Morgan fingerprint density at radius 1 is 1.44 bits per heavy atom. The van der Waals surface area contributed by atoms with Crippen molar-refractivity contribution in [1.82, 2.24) is 9.80 Å². The Kier molecular flexibility index (Phi) is 5.46. The van der Waals surface area contributed by atoms with Crippen LogP contribution < -0.4 is 0 Å². The van der Waals surface area contributed by atoms with Gasteiger partial charge in [-0.05, 0) is 6.92 Å². The Labute approximate surface area is 143 Å². The van der Waals surface area contributed by atoms with E-state index in [1.807, 2.05) is 0 Å². The summed E-state index contributed by atoms with van der Waals surface area (Å²) in [6, 6.07) is -0.861. The highest BCUT2D eigenvalue weighted by Crippen LogP contribution is 2.34. The molecule has 0 aromatic rings. The monoisotopic (exact) mass is 363 g/mol. The predicted molar refractivity (Wildman–Crippen MR) is 78.4 cm³/mol. The maximum atomic E-state index is 12.5. The summed E-state index contributed by atoms with van der Waals surface area (Å²) in [6.45, 7) is 1.22. The molecule has 0 aliphatic carbocycles. The van der Waals surface area contributed by atoms with Gasteiger partial charge in [-0.25, -0.2) is 4.79 Å². The second kappa shape index (κ2) is 7.07. The number of amides is 3. The van der Waals surface area contributed by atoms with Crippen LogP contribution in [0.3, 0.4) is 0 Å². The van der Waals surface area contributed by atoms with Gasteiger partial charge >= 0.3 is 6.03 Å². The number of nitrogens with zero attached hydrogens (tertiary/aromatic N) is 3. The minimum Gasteiger partial charge on any atom is -0.382 e. The van der Waals surface area contributed by atoms with Crippen molar-refractivity contribution >= 4 is 11.9 Å². The molecular weight excluding hydrogens is 342 g/mol. The number of rotatable bonds is 6. The lowest BCUT2D eigenvalue weighted by Crippen LogP contribution is -2.72. The van der Waals surface area contributed by atoms with Crippen LogP contribution in [0, 0.1) is 10.1 Å². The number of aliphatic hydroxyl groups is 1. The number of hydrogen-bond donors (Lipinski definition) is 1. The Morgan fingerprint density at radius 3 is 2.60 bits per heavy atom. The molecule has 0 aromatic heterocycles. The second-order valence-electron chi connectivity index (χ2n) is 5.94. The molecule has 0 aromatic carbocycles. The Hall–Kier alpha value is -2.02. The first kappa shape index (κ1) is 19.3. The van der Waals surface area contributed by atoms with Crippen LogP contribution in [0.1, 0.15) is 13.3 Å². The zero-order valence-corrected chi connectivity index (χ0v) is 14.3. The lowest BCUT2D eigenvalue weighted by Gasteiger charge is -2.46. The molecule has 0 saturated carbocycles.